The Labute approximate surface area is 191 Å². The summed E-state index contributed by atoms with van der Waals surface area (Å²) in [6.45, 7) is 6.74. The number of amides is 1. The molecule has 3 heterocycles. The van der Waals surface area contributed by atoms with Gasteiger partial charge < -0.3 is 20.5 Å². The molecular weight excluding hydrogens is 426 g/mol. The Morgan fingerprint density at radius 3 is 2.81 bits per heavy atom. The number of hydrogen-bond acceptors (Lipinski definition) is 8. The Kier molecular flexibility index (Phi) is 7.64. The van der Waals surface area contributed by atoms with E-state index in [1.54, 1.807) is 6.20 Å². The number of pyridine rings is 1. The zero-order valence-corrected chi connectivity index (χ0v) is 19.0. The van der Waals surface area contributed by atoms with Crippen LogP contribution in [0.4, 0.5) is 5.69 Å². The Morgan fingerprint density at radius 2 is 2.06 bits per heavy atom. The van der Waals surface area contributed by atoms with Crippen LogP contribution in [0.5, 0.6) is 0 Å². The van der Waals surface area contributed by atoms with Gasteiger partial charge in [0, 0.05) is 37.4 Å². The first kappa shape index (κ1) is 22.6. The second-order valence-electron chi connectivity index (χ2n) is 7.88. The van der Waals surface area contributed by atoms with Crippen molar-refractivity contribution >= 4 is 33.3 Å². The standard InChI is InChI=1S/C23H29N5O3S/c1-16(15-29)26-19-18(21(30)24-8-5-9-28-10-12-31-13-11-28)14-25-23-20(19)27-22(32-23)17-6-3-2-4-7-17/h2-4,6-7,14,16,29H,5,8-13,15H2,1H3,(H,24,30)(H,25,26). The number of rotatable bonds is 9. The summed E-state index contributed by atoms with van der Waals surface area (Å²) in [5.74, 6) is -0.191. The molecule has 3 N–H and O–H groups in total. The zero-order chi connectivity index (χ0) is 22.3. The van der Waals surface area contributed by atoms with Crippen molar-refractivity contribution in [3.8, 4) is 10.6 Å². The molecule has 0 saturated carbocycles. The molecule has 8 nitrogen and oxygen atoms in total. The van der Waals surface area contributed by atoms with Crippen LogP contribution >= 0.6 is 11.3 Å². The second kappa shape index (κ2) is 10.8. The van der Waals surface area contributed by atoms with Gasteiger partial charge in [-0.15, -0.1) is 0 Å². The van der Waals surface area contributed by atoms with Crippen molar-refractivity contribution < 1.29 is 14.6 Å². The fraction of sp³-hybridized carbons (Fsp3) is 0.435. The lowest BCUT2D eigenvalue weighted by Gasteiger charge is -2.26. The third-order valence-electron chi connectivity index (χ3n) is 5.40. The summed E-state index contributed by atoms with van der Waals surface area (Å²) in [6.07, 6.45) is 2.46. The van der Waals surface area contributed by atoms with E-state index >= 15 is 0 Å². The molecule has 1 aromatic carbocycles. The normalized spacial score (nSPS) is 15.6. The highest BCUT2D eigenvalue weighted by Gasteiger charge is 2.20. The highest BCUT2D eigenvalue weighted by Crippen LogP contribution is 2.34. The summed E-state index contributed by atoms with van der Waals surface area (Å²) < 4.78 is 5.37. The molecule has 1 aliphatic heterocycles. The summed E-state index contributed by atoms with van der Waals surface area (Å²) >= 11 is 1.48. The quantitative estimate of drug-likeness (QED) is 0.427. The molecule has 2 aromatic heterocycles. The van der Waals surface area contributed by atoms with Crippen molar-refractivity contribution in [2.45, 2.75) is 19.4 Å². The van der Waals surface area contributed by atoms with Crippen molar-refractivity contribution in [2.24, 2.45) is 0 Å². The SMILES string of the molecule is CC(CO)Nc1c(C(=O)NCCCN2CCOCC2)cnc2sc(-c3ccccc3)nc12. The average molecular weight is 456 g/mol. The molecule has 32 heavy (non-hydrogen) atoms. The van der Waals surface area contributed by atoms with Crippen LogP contribution in [-0.2, 0) is 4.74 Å². The maximum Gasteiger partial charge on any atom is 0.255 e. The average Bonchev–Trinajstić information content (AvgIpc) is 3.28. The molecule has 1 aliphatic rings. The lowest BCUT2D eigenvalue weighted by atomic mass is 10.1. The van der Waals surface area contributed by atoms with Crippen molar-refractivity contribution in [3.63, 3.8) is 0 Å². The van der Waals surface area contributed by atoms with Gasteiger partial charge >= 0.3 is 0 Å². The number of carbonyl (C=O) groups excluding carboxylic acids is 1. The molecule has 1 amide bonds. The number of benzene rings is 1. The van der Waals surface area contributed by atoms with Gasteiger partial charge in [0.15, 0.2) is 0 Å². The molecule has 170 valence electrons. The molecule has 1 unspecified atom stereocenters. The van der Waals surface area contributed by atoms with Gasteiger partial charge in [-0.25, -0.2) is 9.97 Å². The van der Waals surface area contributed by atoms with Gasteiger partial charge in [0.2, 0.25) is 0 Å². The van der Waals surface area contributed by atoms with Gasteiger partial charge in [0.05, 0.1) is 31.1 Å². The summed E-state index contributed by atoms with van der Waals surface area (Å²) in [5, 5.41) is 16.7. The first-order chi connectivity index (χ1) is 15.7. The highest BCUT2D eigenvalue weighted by atomic mass is 32.1. The molecule has 0 bridgehead atoms. The van der Waals surface area contributed by atoms with Crippen molar-refractivity contribution in [1.82, 2.24) is 20.2 Å². The molecule has 3 aromatic rings. The van der Waals surface area contributed by atoms with E-state index < -0.39 is 0 Å². The van der Waals surface area contributed by atoms with Crippen LogP contribution in [0.15, 0.2) is 36.5 Å². The Balaban J connectivity index is 1.52. The van der Waals surface area contributed by atoms with Crippen molar-refractivity contribution in [1.29, 1.82) is 0 Å². The fourth-order valence-electron chi connectivity index (χ4n) is 3.62. The predicted octanol–water partition coefficient (Wildman–Crippen LogP) is 2.60. The van der Waals surface area contributed by atoms with E-state index in [9.17, 15) is 9.90 Å². The van der Waals surface area contributed by atoms with E-state index in [0.29, 0.717) is 23.3 Å². The lowest BCUT2D eigenvalue weighted by molar-refractivity contribution is 0.0374. The number of ether oxygens (including phenoxy) is 1. The predicted molar refractivity (Wildman–Crippen MR) is 127 cm³/mol. The maximum atomic E-state index is 13.0. The van der Waals surface area contributed by atoms with E-state index in [2.05, 4.69) is 20.5 Å². The second-order valence-corrected chi connectivity index (χ2v) is 8.85. The number of aromatic nitrogens is 2. The fourth-order valence-corrected chi connectivity index (χ4v) is 4.54. The molecule has 0 aliphatic carbocycles. The molecule has 0 radical (unpaired) electrons. The third kappa shape index (κ3) is 5.42. The minimum atomic E-state index is -0.227. The van der Waals surface area contributed by atoms with Gasteiger partial charge in [-0.05, 0) is 19.9 Å². The van der Waals surface area contributed by atoms with Crippen molar-refractivity contribution in [2.75, 3.05) is 51.3 Å². The van der Waals surface area contributed by atoms with Gasteiger partial charge in [-0.1, -0.05) is 41.7 Å². The number of morpholine rings is 1. The Morgan fingerprint density at radius 1 is 1.28 bits per heavy atom. The maximum absolute atomic E-state index is 13.0. The summed E-state index contributed by atoms with van der Waals surface area (Å²) in [6, 6.07) is 9.68. The Hall–Kier alpha value is -2.59. The number of nitrogens with zero attached hydrogens (tertiary/aromatic N) is 3. The number of thiazole rings is 1. The first-order valence-electron chi connectivity index (χ1n) is 11.0. The number of fused-ring (bicyclic) bond motifs is 1. The smallest absolute Gasteiger partial charge is 0.255 e. The number of nitrogens with one attached hydrogen (secondary N) is 2. The van der Waals surface area contributed by atoms with E-state index in [1.165, 1.54) is 11.3 Å². The minimum Gasteiger partial charge on any atom is -0.394 e. The summed E-state index contributed by atoms with van der Waals surface area (Å²) in [4.78, 5) is 25.4. The molecule has 9 heteroatoms. The van der Waals surface area contributed by atoms with Gasteiger partial charge in [-0.3, -0.25) is 9.69 Å². The highest BCUT2D eigenvalue weighted by molar-refractivity contribution is 7.21. The number of carbonyl (C=O) groups is 1. The number of anilines is 1. The number of aliphatic hydroxyl groups excluding tert-OH is 1. The van der Waals surface area contributed by atoms with E-state index in [-0.39, 0.29) is 18.6 Å². The van der Waals surface area contributed by atoms with E-state index in [1.807, 2.05) is 37.3 Å². The molecule has 1 atom stereocenters. The number of aliphatic hydroxyl groups is 1. The number of hydrogen-bond donors (Lipinski definition) is 3. The zero-order valence-electron chi connectivity index (χ0n) is 18.2. The third-order valence-corrected chi connectivity index (χ3v) is 6.41. The minimum absolute atomic E-state index is 0.0555. The van der Waals surface area contributed by atoms with Crippen LogP contribution in [-0.4, -0.2) is 77.9 Å². The topological polar surface area (TPSA) is 99.6 Å². The monoisotopic (exact) mass is 455 g/mol. The summed E-state index contributed by atoms with van der Waals surface area (Å²) in [7, 11) is 0. The molecule has 0 spiro atoms. The van der Waals surface area contributed by atoms with Crippen LogP contribution in [0, 0.1) is 0 Å². The van der Waals surface area contributed by atoms with Crippen LogP contribution in [0.25, 0.3) is 20.9 Å². The van der Waals surface area contributed by atoms with Gasteiger partial charge in [0.25, 0.3) is 5.91 Å². The van der Waals surface area contributed by atoms with E-state index in [0.717, 1.165) is 54.7 Å². The molecular formula is C23H29N5O3S. The van der Waals surface area contributed by atoms with Crippen molar-refractivity contribution in [3.05, 3.63) is 42.1 Å². The van der Waals surface area contributed by atoms with Crippen LogP contribution in [0.3, 0.4) is 0 Å². The molecule has 1 saturated heterocycles. The first-order valence-corrected chi connectivity index (χ1v) is 11.8. The lowest BCUT2D eigenvalue weighted by Crippen LogP contribution is -2.38. The Bertz CT molecular complexity index is 1040. The van der Waals surface area contributed by atoms with Crippen LogP contribution in [0.1, 0.15) is 23.7 Å². The largest absolute Gasteiger partial charge is 0.394 e. The van der Waals surface area contributed by atoms with Crippen LogP contribution in [0.2, 0.25) is 0 Å². The van der Waals surface area contributed by atoms with Gasteiger partial charge in [0.1, 0.15) is 15.4 Å². The molecule has 4 rings (SSSR count). The van der Waals surface area contributed by atoms with Gasteiger partial charge in [-0.2, -0.15) is 0 Å². The summed E-state index contributed by atoms with van der Waals surface area (Å²) in [5.41, 5.74) is 2.70. The van der Waals surface area contributed by atoms with Crippen LogP contribution < -0.4 is 10.6 Å². The molecule has 1 fully saturated rings. The van der Waals surface area contributed by atoms with E-state index in [4.69, 9.17) is 9.72 Å².